The zero-order valence-corrected chi connectivity index (χ0v) is 15.8. The molecule has 0 saturated heterocycles. The molecular weight excluding hydrogens is 343 g/mol. The van der Waals surface area contributed by atoms with Crippen molar-refractivity contribution in [3.63, 3.8) is 0 Å². The van der Waals surface area contributed by atoms with Gasteiger partial charge in [0, 0.05) is 18.5 Å². The van der Waals surface area contributed by atoms with Crippen molar-refractivity contribution in [1.82, 2.24) is 10.2 Å². The monoisotopic (exact) mass is 370 g/mol. The van der Waals surface area contributed by atoms with Crippen LogP contribution in [0.3, 0.4) is 0 Å². The highest BCUT2D eigenvalue weighted by Gasteiger charge is 2.38. The van der Waals surface area contributed by atoms with Gasteiger partial charge in [-0.3, -0.25) is 9.69 Å². The molecule has 0 radical (unpaired) electrons. The van der Waals surface area contributed by atoms with Gasteiger partial charge in [-0.2, -0.15) is 0 Å². The van der Waals surface area contributed by atoms with Gasteiger partial charge in [0.15, 0.2) is 0 Å². The number of hydrogen-bond acceptors (Lipinski definition) is 3. The van der Waals surface area contributed by atoms with Gasteiger partial charge in [0.2, 0.25) is 5.91 Å². The van der Waals surface area contributed by atoms with Gasteiger partial charge in [-0.05, 0) is 49.7 Å². The maximum absolute atomic E-state index is 12.9. The van der Waals surface area contributed by atoms with E-state index in [2.05, 4.69) is 29.6 Å². The molecule has 1 fully saturated rings. The van der Waals surface area contributed by atoms with E-state index in [-0.39, 0.29) is 17.1 Å². The number of hydrogen-bond donors (Lipinski definition) is 1. The molecule has 144 valence electrons. The van der Waals surface area contributed by atoms with Crippen LogP contribution in [0.2, 0.25) is 0 Å². The maximum Gasteiger partial charge on any atom is 0.234 e. The van der Waals surface area contributed by atoms with Crippen molar-refractivity contribution in [3.05, 3.63) is 66.0 Å². The Morgan fingerprint density at radius 3 is 2.48 bits per heavy atom. The molecule has 1 saturated carbocycles. The Bertz CT molecular complexity index is 730. The van der Waals surface area contributed by atoms with Gasteiger partial charge >= 0.3 is 0 Å². The third kappa shape index (κ3) is 5.30. The highest BCUT2D eigenvalue weighted by Crippen LogP contribution is 2.43. The summed E-state index contributed by atoms with van der Waals surface area (Å²) in [7, 11) is 1.89. The first-order chi connectivity index (χ1) is 13.1. The number of amides is 1. The molecule has 0 spiro atoms. The van der Waals surface area contributed by atoms with E-state index in [0.717, 1.165) is 12.8 Å². The third-order valence-corrected chi connectivity index (χ3v) is 5.29. The average molecular weight is 370 g/mol. The van der Waals surface area contributed by atoms with E-state index in [1.807, 2.05) is 18.0 Å². The molecule has 0 aromatic heterocycles. The lowest BCUT2D eigenvalue weighted by molar-refractivity contribution is -0.122. The van der Waals surface area contributed by atoms with Crippen LogP contribution in [-0.4, -0.2) is 44.1 Å². The second kappa shape index (κ2) is 9.00. The number of ether oxygens (including phenoxy) is 1. The molecule has 1 amide bonds. The number of nitrogens with zero attached hydrogens (tertiary/aromatic N) is 1. The van der Waals surface area contributed by atoms with E-state index in [0.29, 0.717) is 32.0 Å². The molecule has 0 unspecified atom stereocenters. The Balaban J connectivity index is 1.39. The van der Waals surface area contributed by atoms with Gasteiger partial charge in [0.25, 0.3) is 0 Å². The van der Waals surface area contributed by atoms with Crippen LogP contribution in [0.5, 0.6) is 5.75 Å². The smallest absolute Gasteiger partial charge is 0.234 e. The zero-order chi connectivity index (χ0) is 19.1. The second-order valence-electron chi connectivity index (χ2n) is 7.32. The summed E-state index contributed by atoms with van der Waals surface area (Å²) in [6.07, 6.45) is 3.46. The minimum atomic E-state index is -0.282. The number of rotatable bonds is 9. The van der Waals surface area contributed by atoms with Crippen molar-refractivity contribution in [2.75, 3.05) is 33.3 Å². The Kier molecular flexibility index (Phi) is 6.45. The van der Waals surface area contributed by atoms with Crippen LogP contribution in [0.1, 0.15) is 24.8 Å². The lowest BCUT2D eigenvalue weighted by atomic mass is 9.64. The molecule has 1 aliphatic rings. The topological polar surface area (TPSA) is 41.6 Å². The molecule has 2 aromatic carbocycles. The van der Waals surface area contributed by atoms with Crippen molar-refractivity contribution in [2.24, 2.45) is 0 Å². The van der Waals surface area contributed by atoms with Crippen molar-refractivity contribution >= 4 is 5.91 Å². The molecule has 0 heterocycles. The first-order valence-corrected chi connectivity index (χ1v) is 9.47. The number of halogens is 1. The van der Waals surface area contributed by atoms with Crippen LogP contribution in [0.4, 0.5) is 4.39 Å². The van der Waals surface area contributed by atoms with E-state index >= 15 is 0 Å². The van der Waals surface area contributed by atoms with Gasteiger partial charge in [-0.25, -0.2) is 4.39 Å². The summed E-state index contributed by atoms with van der Waals surface area (Å²) in [6, 6.07) is 16.4. The number of carbonyl (C=O) groups is 1. The van der Waals surface area contributed by atoms with Crippen LogP contribution in [-0.2, 0) is 10.2 Å². The fraction of sp³-hybridized carbons (Fsp3) is 0.409. The fourth-order valence-corrected chi connectivity index (χ4v) is 3.46. The normalized spacial score (nSPS) is 15.2. The van der Waals surface area contributed by atoms with Crippen molar-refractivity contribution in [1.29, 1.82) is 0 Å². The predicted octanol–water partition coefficient (Wildman–Crippen LogP) is 3.37. The number of likely N-dealkylation sites (N-methyl/N-ethyl adjacent to an activating group) is 1. The Morgan fingerprint density at radius 2 is 1.85 bits per heavy atom. The first-order valence-electron chi connectivity index (χ1n) is 9.47. The van der Waals surface area contributed by atoms with Gasteiger partial charge in [0.05, 0.1) is 6.54 Å². The van der Waals surface area contributed by atoms with E-state index in [9.17, 15) is 9.18 Å². The van der Waals surface area contributed by atoms with E-state index in [1.165, 1.54) is 24.1 Å². The highest BCUT2D eigenvalue weighted by molar-refractivity contribution is 5.78. The van der Waals surface area contributed by atoms with Crippen LogP contribution in [0.15, 0.2) is 54.6 Å². The van der Waals surface area contributed by atoms with Crippen molar-refractivity contribution in [2.45, 2.75) is 24.7 Å². The van der Waals surface area contributed by atoms with Crippen molar-refractivity contribution < 1.29 is 13.9 Å². The number of carbonyl (C=O) groups excluding carboxylic acids is 1. The Hall–Kier alpha value is -2.40. The van der Waals surface area contributed by atoms with E-state index in [1.54, 1.807) is 12.1 Å². The molecule has 0 bridgehead atoms. The molecule has 0 atom stereocenters. The molecule has 3 rings (SSSR count). The van der Waals surface area contributed by atoms with E-state index in [4.69, 9.17) is 4.74 Å². The minimum Gasteiger partial charge on any atom is -0.492 e. The molecular formula is C22H27FN2O2. The molecule has 2 aromatic rings. The largest absolute Gasteiger partial charge is 0.492 e. The quantitative estimate of drug-likeness (QED) is 0.736. The van der Waals surface area contributed by atoms with Crippen LogP contribution in [0.25, 0.3) is 0 Å². The molecule has 1 N–H and O–H groups in total. The Morgan fingerprint density at radius 1 is 1.15 bits per heavy atom. The Labute approximate surface area is 160 Å². The summed E-state index contributed by atoms with van der Waals surface area (Å²) in [5.41, 5.74) is 1.42. The lowest BCUT2D eigenvalue weighted by Gasteiger charge is -2.42. The predicted molar refractivity (Wildman–Crippen MR) is 104 cm³/mol. The van der Waals surface area contributed by atoms with Gasteiger partial charge in [-0.1, -0.05) is 36.8 Å². The summed E-state index contributed by atoms with van der Waals surface area (Å²) in [5.74, 6) is 0.376. The molecule has 5 heteroatoms. The zero-order valence-electron chi connectivity index (χ0n) is 15.8. The van der Waals surface area contributed by atoms with Gasteiger partial charge < -0.3 is 10.1 Å². The summed E-state index contributed by atoms with van der Waals surface area (Å²) < 4.78 is 18.4. The highest BCUT2D eigenvalue weighted by atomic mass is 19.1. The summed E-state index contributed by atoms with van der Waals surface area (Å²) in [4.78, 5) is 14.2. The number of nitrogens with one attached hydrogen (secondary N) is 1. The van der Waals surface area contributed by atoms with E-state index < -0.39 is 0 Å². The standard InChI is InChI=1S/C22H27FN2O2/c1-25(14-15-27-20-10-8-19(23)9-11-20)16-21(26)24-17-22(12-5-13-22)18-6-3-2-4-7-18/h2-4,6-11H,5,12-17H2,1H3,(H,24,26). The second-order valence-corrected chi connectivity index (χ2v) is 7.32. The van der Waals surface area contributed by atoms with Crippen molar-refractivity contribution in [3.8, 4) is 5.75 Å². The fourth-order valence-electron chi connectivity index (χ4n) is 3.46. The summed E-state index contributed by atoms with van der Waals surface area (Å²) in [6.45, 7) is 2.09. The van der Waals surface area contributed by atoms with Gasteiger partial charge in [0.1, 0.15) is 18.2 Å². The number of benzene rings is 2. The van der Waals surface area contributed by atoms with Gasteiger partial charge in [-0.15, -0.1) is 0 Å². The lowest BCUT2D eigenvalue weighted by Crippen LogP contribution is -2.47. The minimum absolute atomic E-state index is 0.0292. The van der Waals surface area contributed by atoms with Crippen LogP contribution < -0.4 is 10.1 Å². The molecule has 0 aliphatic heterocycles. The third-order valence-electron chi connectivity index (χ3n) is 5.29. The first kappa shape index (κ1) is 19.4. The molecule has 4 nitrogen and oxygen atoms in total. The SMILES string of the molecule is CN(CCOc1ccc(F)cc1)CC(=O)NCC1(c2ccccc2)CCC1. The molecule has 27 heavy (non-hydrogen) atoms. The summed E-state index contributed by atoms with van der Waals surface area (Å²) in [5, 5.41) is 3.11. The van der Waals surface area contributed by atoms with Crippen LogP contribution >= 0.6 is 0 Å². The molecule has 1 aliphatic carbocycles. The van der Waals surface area contributed by atoms with Crippen LogP contribution in [0, 0.1) is 5.82 Å². The maximum atomic E-state index is 12.9. The summed E-state index contributed by atoms with van der Waals surface area (Å²) >= 11 is 0. The average Bonchev–Trinajstić information content (AvgIpc) is 2.63.